The molecule has 0 amide bonds. The minimum Gasteiger partial charge on any atom is -0.395 e. The molecule has 0 aliphatic rings. The quantitative estimate of drug-likeness (QED) is 0.525. The molecule has 2 unspecified atom stereocenters. The van der Waals surface area contributed by atoms with Crippen LogP contribution < -0.4 is 5.32 Å². The fraction of sp³-hybridized carbons (Fsp3) is 1.00. The molecular weight excluding hydrogens is 170 g/mol. The number of nitrogens with one attached hydrogen (secondary N) is 1. The predicted octanol–water partition coefficient (Wildman–Crippen LogP) is -0.134. The molecule has 0 saturated heterocycles. The number of rotatable bonds is 8. The zero-order valence-electron chi connectivity index (χ0n) is 8.75. The standard InChI is InChI=1S/C9H21NO3/c1-8(7-13-3)9(6-11)10-4-5-12-2/h8-11H,4-7H2,1-3H3. The summed E-state index contributed by atoms with van der Waals surface area (Å²) in [7, 11) is 3.33. The molecule has 0 aliphatic heterocycles. The van der Waals surface area contributed by atoms with E-state index < -0.39 is 0 Å². The Bertz CT molecular complexity index is 111. The van der Waals surface area contributed by atoms with Gasteiger partial charge in [-0.05, 0) is 5.92 Å². The van der Waals surface area contributed by atoms with Crippen LogP contribution in [0.15, 0.2) is 0 Å². The molecule has 0 rings (SSSR count). The fourth-order valence-corrected chi connectivity index (χ4v) is 1.17. The van der Waals surface area contributed by atoms with Crippen molar-refractivity contribution in [2.75, 3.05) is 40.6 Å². The first-order valence-electron chi connectivity index (χ1n) is 4.58. The van der Waals surface area contributed by atoms with Gasteiger partial charge in [0.05, 0.1) is 19.8 Å². The van der Waals surface area contributed by atoms with Crippen LogP contribution in [0.3, 0.4) is 0 Å². The van der Waals surface area contributed by atoms with E-state index >= 15 is 0 Å². The minimum absolute atomic E-state index is 0.0927. The van der Waals surface area contributed by atoms with Gasteiger partial charge in [0.2, 0.25) is 0 Å². The van der Waals surface area contributed by atoms with Crippen LogP contribution >= 0.6 is 0 Å². The molecule has 4 heteroatoms. The molecule has 2 atom stereocenters. The predicted molar refractivity (Wildman–Crippen MR) is 51.8 cm³/mol. The molecule has 0 radical (unpaired) electrons. The lowest BCUT2D eigenvalue weighted by atomic mass is 10.0. The van der Waals surface area contributed by atoms with Gasteiger partial charge in [-0.2, -0.15) is 0 Å². The summed E-state index contributed by atoms with van der Waals surface area (Å²) in [6.45, 7) is 4.26. The van der Waals surface area contributed by atoms with Crippen molar-refractivity contribution in [2.24, 2.45) is 5.92 Å². The van der Waals surface area contributed by atoms with Gasteiger partial charge in [-0.15, -0.1) is 0 Å². The highest BCUT2D eigenvalue weighted by Gasteiger charge is 2.14. The van der Waals surface area contributed by atoms with Crippen molar-refractivity contribution < 1.29 is 14.6 Å². The molecule has 80 valence electrons. The topological polar surface area (TPSA) is 50.7 Å². The molecular formula is C9H21NO3. The van der Waals surface area contributed by atoms with Gasteiger partial charge < -0.3 is 19.9 Å². The van der Waals surface area contributed by atoms with Crippen LogP contribution in [0.2, 0.25) is 0 Å². The number of ether oxygens (including phenoxy) is 2. The Morgan fingerprint density at radius 2 is 2.00 bits per heavy atom. The zero-order chi connectivity index (χ0) is 10.1. The molecule has 0 spiro atoms. The van der Waals surface area contributed by atoms with Crippen molar-refractivity contribution in [1.29, 1.82) is 0 Å². The van der Waals surface area contributed by atoms with Crippen LogP contribution in [0.1, 0.15) is 6.92 Å². The second-order valence-electron chi connectivity index (χ2n) is 3.17. The molecule has 0 aliphatic carbocycles. The summed E-state index contributed by atoms with van der Waals surface area (Å²) in [5, 5.41) is 12.3. The Morgan fingerprint density at radius 1 is 1.31 bits per heavy atom. The molecule has 0 aromatic heterocycles. The summed E-state index contributed by atoms with van der Waals surface area (Å²) in [5.41, 5.74) is 0. The Kier molecular flexibility index (Phi) is 8.33. The lowest BCUT2D eigenvalue weighted by Crippen LogP contribution is -2.41. The van der Waals surface area contributed by atoms with Crippen molar-refractivity contribution in [1.82, 2.24) is 5.32 Å². The number of aliphatic hydroxyl groups is 1. The largest absolute Gasteiger partial charge is 0.395 e. The zero-order valence-corrected chi connectivity index (χ0v) is 8.75. The van der Waals surface area contributed by atoms with E-state index in [1.54, 1.807) is 14.2 Å². The molecule has 0 aromatic rings. The van der Waals surface area contributed by atoms with Gasteiger partial charge in [0.1, 0.15) is 0 Å². The Labute approximate surface area is 80.2 Å². The lowest BCUT2D eigenvalue weighted by Gasteiger charge is -2.22. The second kappa shape index (κ2) is 8.44. The summed E-state index contributed by atoms with van der Waals surface area (Å²) < 4.78 is 9.91. The smallest absolute Gasteiger partial charge is 0.0588 e. The minimum atomic E-state index is 0.0927. The third-order valence-corrected chi connectivity index (χ3v) is 2.03. The van der Waals surface area contributed by atoms with Gasteiger partial charge in [-0.3, -0.25) is 0 Å². The summed E-state index contributed by atoms with van der Waals surface area (Å²) in [4.78, 5) is 0. The van der Waals surface area contributed by atoms with Gasteiger partial charge >= 0.3 is 0 Å². The van der Waals surface area contributed by atoms with E-state index in [4.69, 9.17) is 14.6 Å². The maximum Gasteiger partial charge on any atom is 0.0588 e. The first-order valence-corrected chi connectivity index (χ1v) is 4.58. The van der Waals surface area contributed by atoms with Crippen molar-refractivity contribution in [3.8, 4) is 0 Å². The van der Waals surface area contributed by atoms with Crippen molar-refractivity contribution in [3.63, 3.8) is 0 Å². The number of hydrogen-bond donors (Lipinski definition) is 2. The van der Waals surface area contributed by atoms with E-state index in [9.17, 15) is 0 Å². The van der Waals surface area contributed by atoms with E-state index in [0.29, 0.717) is 19.1 Å². The summed E-state index contributed by atoms with van der Waals surface area (Å²) in [5.74, 6) is 0.312. The van der Waals surface area contributed by atoms with E-state index in [1.807, 2.05) is 6.92 Å². The van der Waals surface area contributed by atoms with Gasteiger partial charge in [0.15, 0.2) is 0 Å². The highest BCUT2D eigenvalue weighted by molar-refractivity contribution is 4.71. The Morgan fingerprint density at radius 3 is 2.46 bits per heavy atom. The maximum absolute atomic E-state index is 9.06. The van der Waals surface area contributed by atoms with Crippen molar-refractivity contribution >= 4 is 0 Å². The van der Waals surface area contributed by atoms with Gasteiger partial charge in [-0.25, -0.2) is 0 Å². The molecule has 0 aromatic carbocycles. The Hall–Kier alpha value is -0.160. The van der Waals surface area contributed by atoms with E-state index in [1.165, 1.54) is 0 Å². The van der Waals surface area contributed by atoms with Crippen molar-refractivity contribution in [3.05, 3.63) is 0 Å². The first-order chi connectivity index (χ1) is 6.26. The SMILES string of the molecule is COCCNC(CO)C(C)COC. The third-order valence-electron chi connectivity index (χ3n) is 2.03. The average molecular weight is 191 g/mol. The molecule has 0 bridgehead atoms. The number of methoxy groups -OCH3 is 2. The van der Waals surface area contributed by atoms with Crippen LogP contribution in [0, 0.1) is 5.92 Å². The Balaban J connectivity index is 3.60. The summed E-state index contributed by atoms with van der Waals surface area (Å²) >= 11 is 0. The van der Waals surface area contributed by atoms with Gasteiger partial charge in [0, 0.05) is 26.8 Å². The molecule has 2 N–H and O–H groups in total. The van der Waals surface area contributed by atoms with E-state index in [-0.39, 0.29) is 12.6 Å². The highest BCUT2D eigenvalue weighted by atomic mass is 16.5. The molecule has 0 saturated carbocycles. The van der Waals surface area contributed by atoms with Crippen LogP contribution in [0.4, 0.5) is 0 Å². The number of aliphatic hydroxyl groups excluding tert-OH is 1. The van der Waals surface area contributed by atoms with E-state index in [2.05, 4.69) is 5.32 Å². The van der Waals surface area contributed by atoms with Crippen LogP contribution in [0.5, 0.6) is 0 Å². The van der Waals surface area contributed by atoms with Crippen LogP contribution in [-0.4, -0.2) is 51.7 Å². The normalized spacial score (nSPS) is 15.7. The van der Waals surface area contributed by atoms with E-state index in [0.717, 1.165) is 6.54 Å². The number of hydrogen-bond acceptors (Lipinski definition) is 4. The van der Waals surface area contributed by atoms with Crippen LogP contribution in [-0.2, 0) is 9.47 Å². The van der Waals surface area contributed by atoms with Gasteiger partial charge in [-0.1, -0.05) is 6.92 Å². The summed E-state index contributed by atoms with van der Waals surface area (Å²) in [6, 6.07) is 0.0927. The highest BCUT2D eigenvalue weighted by Crippen LogP contribution is 2.02. The van der Waals surface area contributed by atoms with Gasteiger partial charge in [0.25, 0.3) is 0 Å². The molecule has 4 nitrogen and oxygen atoms in total. The third kappa shape index (κ3) is 5.99. The lowest BCUT2D eigenvalue weighted by molar-refractivity contribution is 0.109. The second-order valence-corrected chi connectivity index (χ2v) is 3.17. The average Bonchev–Trinajstić information content (AvgIpc) is 2.13. The molecule has 0 fully saturated rings. The maximum atomic E-state index is 9.06. The summed E-state index contributed by atoms with van der Waals surface area (Å²) in [6.07, 6.45) is 0. The van der Waals surface area contributed by atoms with Crippen LogP contribution in [0.25, 0.3) is 0 Å². The first kappa shape index (κ1) is 12.8. The fourth-order valence-electron chi connectivity index (χ4n) is 1.17. The molecule has 0 heterocycles. The molecule has 13 heavy (non-hydrogen) atoms. The monoisotopic (exact) mass is 191 g/mol. The van der Waals surface area contributed by atoms with Crippen molar-refractivity contribution in [2.45, 2.75) is 13.0 Å².